The number of ether oxygens (including phenoxy) is 7. The molecule has 12 nitrogen and oxygen atoms in total. The molecule has 12 heteroatoms. The van der Waals surface area contributed by atoms with E-state index in [1.807, 2.05) is 34.6 Å². The zero-order chi connectivity index (χ0) is 30.1. The smallest absolute Gasteiger partial charge is 0.458 e. The van der Waals surface area contributed by atoms with Crippen molar-refractivity contribution in [3.05, 3.63) is 23.8 Å². The Labute approximate surface area is 235 Å². The van der Waals surface area contributed by atoms with Crippen LogP contribution < -0.4 is 15.2 Å². The molecular weight excluding hydrogens is 526 g/mol. The van der Waals surface area contributed by atoms with Gasteiger partial charge in [0.25, 0.3) is 0 Å². The van der Waals surface area contributed by atoms with Gasteiger partial charge < -0.3 is 38.9 Å². The minimum atomic E-state index is -1.09. The molecule has 0 aromatic heterocycles. The number of rotatable bonds is 15. The van der Waals surface area contributed by atoms with Gasteiger partial charge in [-0.25, -0.2) is 14.4 Å². The van der Waals surface area contributed by atoms with Gasteiger partial charge in [-0.1, -0.05) is 53.5 Å². The van der Waals surface area contributed by atoms with Crippen LogP contribution in [0.15, 0.2) is 18.2 Å². The van der Waals surface area contributed by atoms with E-state index in [2.05, 4.69) is 0 Å². The average Bonchev–Trinajstić information content (AvgIpc) is 2.87. The van der Waals surface area contributed by atoms with Crippen molar-refractivity contribution in [1.29, 1.82) is 0 Å². The first-order valence-corrected chi connectivity index (χ1v) is 13.4. The topological polar surface area (TPSA) is 159 Å². The van der Waals surface area contributed by atoms with E-state index in [-0.39, 0.29) is 49.8 Å². The van der Waals surface area contributed by atoms with Crippen molar-refractivity contribution < 1.29 is 52.3 Å². The van der Waals surface area contributed by atoms with Crippen molar-refractivity contribution in [2.75, 3.05) is 26.4 Å². The number of esters is 1. The third kappa shape index (κ3) is 15.2. The number of carbonyl (C=O) groups is 4. The van der Waals surface area contributed by atoms with Gasteiger partial charge >= 0.3 is 24.4 Å². The Kier molecular flexibility index (Phi) is 15.5. The van der Waals surface area contributed by atoms with Gasteiger partial charge in [0.05, 0.1) is 19.8 Å². The molecule has 0 bridgehead atoms. The van der Waals surface area contributed by atoms with Crippen LogP contribution in [-0.2, 0) is 34.9 Å². The molecule has 1 aromatic carbocycles. The summed E-state index contributed by atoms with van der Waals surface area (Å²) in [6.45, 7) is 11.5. The highest BCUT2D eigenvalue weighted by Gasteiger charge is 2.22. The van der Waals surface area contributed by atoms with Crippen LogP contribution >= 0.6 is 0 Å². The highest BCUT2D eigenvalue weighted by Crippen LogP contribution is 2.30. The molecule has 0 heterocycles. The SMILES string of the molecule is CCCCOC(=O)Oc1ccc(C[C@H](N)C(=O)O[C@@H](C)COC(=O)OCC(C)(C)C)cc1OC(=O)OCCCC. The fourth-order valence-corrected chi connectivity index (χ4v) is 2.84. The number of hydrogen-bond acceptors (Lipinski definition) is 12. The van der Waals surface area contributed by atoms with Crippen molar-refractivity contribution in [3.8, 4) is 11.5 Å². The number of hydrogen-bond donors (Lipinski definition) is 1. The minimum Gasteiger partial charge on any atom is -0.458 e. The van der Waals surface area contributed by atoms with Crippen molar-refractivity contribution in [1.82, 2.24) is 0 Å². The maximum absolute atomic E-state index is 12.5. The molecule has 0 saturated carbocycles. The van der Waals surface area contributed by atoms with Crippen LogP contribution in [0.4, 0.5) is 14.4 Å². The molecule has 0 aliphatic rings. The second kappa shape index (κ2) is 17.9. The first kappa shape index (κ1) is 34.5. The standard InChI is InChI=1S/C28H43NO11/c1-7-9-13-34-26(32)39-22-12-11-20(16-23(22)40-27(33)35-14-10-8-2)15-21(29)24(30)38-19(3)17-36-25(31)37-18-28(4,5)6/h11-12,16,19,21H,7-10,13-15,17-18,29H2,1-6H3/t19-,21-/m0/s1. The number of nitrogens with two attached hydrogens (primary N) is 1. The number of carbonyl (C=O) groups excluding carboxylic acids is 4. The number of unbranched alkanes of at least 4 members (excludes halogenated alkanes) is 2. The summed E-state index contributed by atoms with van der Waals surface area (Å²) < 4.78 is 35.7. The van der Waals surface area contributed by atoms with E-state index < -0.39 is 36.6 Å². The van der Waals surface area contributed by atoms with Crippen LogP contribution in [0.1, 0.15) is 72.8 Å². The van der Waals surface area contributed by atoms with Crippen LogP contribution in [0.3, 0.4) is 0 Å². The Balaban J connectivity index is 2.79. The summed E-state index contributed by atoms with van der Waals surface area (Å²) in [6, 6.07) is 3.25. The van der Waals surface area contributed by atoms with E-state index >= 15 is 0 Å². The molecule has 0 unspecified atom stereocenters. The molecule has 0 radical (unpaired) electrons. The van der Waals surface area contributed by atoms with Gasteiger partial charge in [-0.05, 0) is 49.3 Å². The monoisotopic (exact) mass is 569 g/mol. The maximum Gasteiger partial charge on any atom is 0.513 e. The fourth-order valence-electron chi connectivity index (χ4n) is 2.84. The summed E-state index contributed by atoms with van der Waals surface area (Å²) in [4.78, 5) is 48.4. The first-order chi connectivity index (χ1) is 18.8. The van der Waals surface area contributed by atoms with Gasteiger partial charge in [-0.3, -0.25) is 4.79 Å². The molecule has 0 saturated heterocycles. The van der Waals surface area contributed by atoms with Gasteiger partial charge in [0, 0.05) is 0 Å². The Morgan fingerprint density at radius 1 is 0.825 bits per heavy atom. The summed E-state index contributed by atoms with van der Waals surface area (Å²) in [5.74, 6) is -0.916. The molecule has 0 aliphatic carbocycles. The largest absolute Gasteiger partial charge is 0.513 e. The molecule has 1 aromatic rings. The lowest BCUT2D eigenvalue weighted by atomic mass is 9.99. The lowest BCUT2D eigenvalue weighted by molar-refractivity contribution is -0.152. The van der Waals surface area contributed by atoms with E-state index in [1.54, 1.807) is 13.0 Å². The lowest BCUT2D eigenvalue weighted by Gasteiger charge is -2.19. The van der Waals surface area contributed by atoms with Crippen molar-refractivity contribution >= 4 is 24.4 Å². The van der Waals surface area contributed by atoms with Gasteiger partial charge in [0.2, 0.25) is 0 Å². The fraction of sp³-hybridized carbons (Fsp3) is 0.643. The normalized spacial score (nSPS) is 12.5. The Morgan fingerprint density at radius 3 is 1.95 bits per heavy atom. The molecule has 1 rings (SSSR count). The first-order valence-electron chi connectivity index (χ1n) is 13.4. The van der Waals surface area contributed by atoms with Crippen molar-refractivity contribution in [2.45, 2.75) is 85.8 Å². The van der Waals surface area contributed by atoms with Crippen LogP contribution in [0, 0.1) is 5.41 Å². The van der Waals surface area contributed by atoms with E-state index in [1.165, 1.54) is 12.1 Å². The maximum atomic E-state index is 12.5. The third-order valence-electron chi connectivity index (χ3n) is 4.96. The van der Waals surface area contributed by atoms with Crippen molar-refractivity contribution in [3.63, 3.8) is 0 Å². The molecule has 40 heavy (non-hydrogen) atoms. The van der Waals surface area contributed by atoms with Crippen LogP contribution in [0.2, 0.25) is 0 Å². The summed E-state index contributed by atoms with van der Waals surface area (Å²) >= 11 is 0. The van der Waals surface area contributed by atoms with Gasteiger partial charge in [0.1, 0.15) is 18.8 Å². The van der Waals surface area contributed by atoms with E-state index in [4.69, 9.17) is 38.9 Å². The molecule has 226 valence electrons. The highest BCUT2D eigenvalue weighted by molar-refractivity contribution is 5.76. The van der Waals surface area contributed by atoms with Crippen LogP contribution in [0.5, 0.6) is 11.5 Å². The lowest BCUT2D eigenvalue weighted by Crippen LogP contribution is -2.37. The van der Waals surface area contributed by atoms with Crippen LogP contribution in [0.25, 0.3) is 0 Å². The Bertz CT molecular complexity index is 958. The summed E-state index contributed by atoms with van der Waals surface area (Å²) in [5, 5.41) is 0. The van der Waals surface area contributed by atoms with E-state index in [0.29, 0.717) is 18.4 Å². The third-order valence-corrected chi connectivity index (χ3v) is 4.96. The summed E-state index contributed by atoms with van der Waals surface area (Å²) in [6.07, 6.45) is -0.590. The predicted octanol–water partition coefficient (Wildman–Crippen LogP) is 5.32. The molecule has 0 fully saturated rings. The Hall–Kier alpha value is -3.54. The molecular formula is C28H43NO11. The number of benzene rings is 1. The zero-order valence-electron chi connectivity index (χ0n) is 24.3. The zero-order valence-corrected chi connectivity index (χ0v) is 24.3. The molecule has 0 amide bonds. The van der Waals surface area contributed by atoms with Gasteiger partial charge in [-0.2, -0.15) is 0 Å². The highest BCUT2D eigenvalue weighted by atomic mass is 16.7. The predicted molar refractivity (Wildman–Crippen MR) is 144 cm³/mol. The second-order valence-electron chi connectivity index (χ2n) is 10.4. The van der Waals surface area contributed by atoms with E-state index in [9.17, 15) is 19.2 Å². The molecule has 0 spiro atoms. The van der Waals surface area contributed by atoms with Crippen LogP contribution in [-0.4, -0.2) is 63.0 Å². The summed E-state index contributed by atoms with van der Waals surface area (Å²) in [7, 11) is 0. The average molecular weight is 570 g/mol. The van der Waals surface area contributed by atoms with E-state index in [0.717, 1.165) is 12.8 Å². The quantitative estimate of drug-likeness (QED) is 0.126. The van der Waals surface area contributed by atoms with Crippen molar-refractivity contribution in [2.24, 2.45) is 11.1 Å². The minimum absolute atomic E-state index is 0.00248. The molecule has 2 N–H and O–H groups in total. The molecule has 0 aliphatic heterocycles. The van der Waals surface area contributed by atoms with Gasteiger partial charge in [0.15, 0.2) is 11.5 Å². The summed E-state index contributed by atoms with van der Waals surface area (Å²) in [5.41, 5.74) is 6.30. The Morgan fingerprint density at radius 2 is 1.40 bits per heavy atom. The molecule has 2 atom stereocenters. The van der Waals surface area contributed by atoms with Gasteiger partial charge in [-0.15, -0.1) is 0 Å². The second-order valence-corrected chi connectivity index (χ2v) is 10.4.